The van der Waals surface area contributed by atoms with Gasteiger partial charge in [0.05, 0.1) is 0 Å². The molecular formula is C8H9IN. The zero-order chi connectivity index (χ0) is 7.56. The van der Waals surface area contributed by atoms with E-state index in [1.54, 1.807) is 0 Å². The van der Waals surface area contributed by atoms with Crippen LogP contribution in [-0.2, 0) is 6.54 Å². The first-order valence-corrected chi connectivity index (χ1v) is 4.12. The summed E-state index contributed by atoms with van der Waals surface area (Å²) < 4.78 is 1.20. The number of hydrogen-bond donors (Lipinski definition) is 1. The highest BCUT2D eigenvalue weighted by Crippen LogP contribution is 2.12. The lowest BCUT2D eigenvalue weighted by atomic mass is 10.2. The van der Waals surface area contributed by atoms with Gasteiger partial charge in [-0.25, -0.2) is 0 Å². The van der Waals surface area contributed by atoms with Gasteiger partial charge in [0, 0.05) is 10.1 Å². The van der Waals surface area contributed by atoms with E-state index < -0.39 is 0 Å². The average molecular weight is 246 g/mol. The topological polar surface area (TPSA) is 26.0 Å². The van der Waals surface area contributed by atoms with Crippen LogP contribution in [0.2, 0.25) is 0 Å². The molecule has 2 heteroatoms. The number of nitrogens with two attached hydrogens (primary N) is 1. The van der Waals surface area contributed by atoms with Crippen molar-refractivity contribution >= 4 is 22.6 Å². The van der Waals surface area contributed by atoms with Gasteiger partial charge in [0.2, 0.25) is 0 Å². The maximum absolute atomic E-state index is 5.48. The highest BCUT2D eigenvalue weighted by molar-refractivity contribution is 14.1. The standard InChI is InChI=1S/C8H9IN/c1-6-2-3-7(5-10)8(9)4-6/h2-4H,1,5,10H2. The van der Waals surface area contributed by atoms with E-state index in [-0.39, 0.29) is 0 Å². The van der Waals surface area contributed by atoms with Crippen molar-refractivity contribution in [3.63, 3.8) is 0 Å². The third kappa shape index (κ3) is 1.70. The Labute approximate surface area is 74.8 Å². The molecule has 0 unspecified atom stereocenters. The Morgan fingerprint density at radius 3 is 2.70 bits per heavy atom. The minimum absolute atomic E-state index is 0.610. The average Bonchev–Trinajstić information content (AvgIpc) is 1.88. The van der Waals surface area contributed by atoms with Gasteiger partial charge in [0.15, 0.2) is 0 Å². The molecule has 1 nitrogen and oxygen atoms in total. The summed E-state index contributed by atoms with van der Waals surface area (Å²) in [6, 6.07) is 6.03. The third-order valence-corrected chi connectivity index (χ3v) is 2.34. The van der Waals surface area contributed by atoms with Crippen molar-refractivity contribution in [3.8, 4) is 0 Å². The number of hydrogen-bond acceptors (Lipinski definition) is 1. The molecule has 0 aliphatic heterocycles. The smallest absolute Gasteiger partial charge is 0.0188 e. The van der Waals surface area contributed by atoms with Crippen LogP contribution in [0.15, 0.2) is 18.2 Å². The van der Waals surface area contributed by atoms with Gasteiger partial charge in [-0.2, -0.15) is 0 Å². The minimum Gasteiger partial charge on any atom is -0.326 e. The Balaban J connectivity index is 3.07. The lowest BCUT2D eigenvalue weighted by Gasteiger charge is -2.00. The molecule has 0 heterocycles. The normalized spacial score (nSPS) is 9.90. The molecule has 1 aromatic carbocycles. The largest absolute Gasteiger partial charge is 0.326 e. The summed E-state index contributed by atoms with van der Waals surface area (Å²) in [4.78, 5) is 0. The highest BCUT2D eigenvalue weighted by atomic mass is 127. The zero-order valence-corrected chi connectivity index (χ0v) is 7.76. The quantitative estimate of drug-likeness (QED) is 0.753. The first-order chi connectivity index (χ1) is 4.74. The Morgan fingerprint density at radius 1 is 1.50 bits per heavy atom. The van der Waals surface area contributed by atoms with Crippen molar-refractivity contribution in [2.75, 3.05) is 0 Å². The molecule has 0 amide bonds. The summed E-state index contributed by atoms with van der Waals surface area (Å²) >= 11 is 2.27. The molecular weight excluding hydrogens is 237 g/mol. The van der Waals surface area contributed by atoms with Gasteiger partial charge in [-0.05, 0) is 46.7 Å². The maximum atomic E-state index is 5.48. The van der Waals surface area contributed by atoms with E-state index >= 15 is 0 Å². The second-order valence-corrected chi connectivity index (χ2v) is 3.29. The molecule has 0 aliphatic carbocycles. The summed E-state index contributed by atoms with van der Waals surface area (Å²) in [6.07, 6.45) is 0. The summed E-state index contributed by atoms with van der Waals surface area (Å²) in [7, 11) is 0. The van der Waals surface area contributed by atoms with Crippen LogP contribution in [0.4, 0.5) is 0 Å². The molecule has 0 saturated heterocycles. The van der Waals surface area contributed by atoms with Crippen molar-refractivity contribution in [3.05, 3.63) is 39.8 Å². The Kier molecular flexibility index (Phi) is 2.68. The van der Waals surface area contributed by atoms with Crippen molar-refractivity contribution < 1.29 is 0 Å². The molecule has 0 aromatic heterocycles. The van der Waals surface area contributed by atoms with Crippen molar-refractivity contribution in [2.45, 2.75) is 6.54 Å². The molecule has 0 bridgehead atoms. The van der Waals surface area contributed by atoms with Gasteiger partial charge >= 0.3 is 0 Å². The van der Waals surface area contributed by atoms with Gasteiger partial charge in [0.1, 0.15) is 0 Å². The van der Waals surface area contributed by atoms with Crippen LogP contribution < -0.4 is 5.73 Å². The summed E-state index contributed by atoms with van der Waals surface area (Å²) in [5.41, 5.74) is 7.71. The first-order valence-electron chi connectivity index (χ1n) is 3.04. The Bertz CT molecular complexity index is 233. The lowest BCUT2D eigenvalue weighted by Crippen LogP contribution is -1.98. The van der Waals surface area contributed by atoms with E-state index in [1.807, 2.05) is 18.2 Å². The van der Waals surface area contributed by atoms with Gasteiger partial charge in [-0.1, -0.05) is 12.1 Å². The fourth-order valence-corrected chi connectivity index (χ4v) is 1.56. The van der Waals surface area contributed by atoms with Gasteiger partial charge in [-0.3, -0.25) is 0 Å². The van der Waals surface area contributed by atoms with Crippen LogP contribution in [0.3, 0.4) is 0 Å². The van der Waals surface area contributed by atoms with Crippen molar-refractivity contribution in [2.24, 2.45) is 5.73 Å². The van der Waals surface area contributed by atoms with Crippen molar-refractivity contribution in [1.82, 2.24) is 0 Å². The van der Waals surface area contributed by atoms with E-state index in [0.717, 1.165) is 5.56 Å². The van der Waals surface area contributed by atoms with Crippen molar-refractivity contribution in [1.29, 1.82) is 0 Å². The lowest BCUT2D eigenvalue weighted by molar-refractivity contribution is 1.06. The van der Waals surface area contributed by atoms with Crippen LogP contribution in [0.5, 0.6) is 0 Å². The van der Waals surface area contributed by atoms with Gasteiger partial charge in [0.25, 0.3) is 0 Å². The molecule has 0 atom stereocenters. The number of halogens is 1. The van der Waals surface area contributed by atoms with Crippen LogP contribution >= 0.6 is 22.6 Å². The fraction of sp³-hybridized carbons (Fsp3) is 0.125. The van der Waals surface area contributed by atoms with Crippen LogP contribution in [-0.4, -0.2) is 0 Å². The Morgan fingerprint density at radius 2 is 2.20 bits per heavy atom. The summed E-state index contributed by atoms with van der Waals surface area (Å²) in [5, 5.41) is 0. The monoisotopic (exact) mass is 246 g/mol. The Hall–Kier alpha value is -0.0900. The van der Waals surface area contributed by atoms with E-state index in [0.29, 0.717) is 6.54 Å². The SMILES string of the molecule is [CH2]c1ccc(CN)c(I)c1. The minimum atomic E-state index is 0.610. The maximum Gasteiger partial charge on any atom is 0.0188 e. The molecule has 53 valence electrons. The summed E-state index contributed by atoms with van der Waals surface area (Å²) in [6.45, 7) is 4.42. The fourth-order valence-electron chi connectivity index (χ4n) is 0.756. The molecule has 0 fully saturated rings. The van der Waals surface area contributed by atoms with Gasteiger partial charge in [-0.15, -0.1) is 0 Å². The highest BCUT2D eigenvalue weighted by Gasteiger charge is 1.95. The van der Waals surface area contributed by atoms with E-state index in [9.17, 15) is 0 Å². The van der Waals surface area contributed by atoms with E-state index in [4.69, 9.17) is 5.73 Å². The molecule has 0 aliphatic rings. The van der Waals surface area contributed by atoms with Gasteiger partial charge < -0.3 is 5.73 Å². The number of benzene rings is 1. The molecule has 1 rings (SSSR count). The van der Waals surface area contributed by atoms with E-state index in [2.05, 4.69) is 29.5 Å². The molecule has 0 saturated carbocycles. The molecule has 1 aromatic rings. The zero-order valence-electron chi connectivity index (χ0n) is 5.60. The molecule has 0 spiro atoms. The predicted octanol–water partition coefficient (Wildman–Crippen LogP) is 1.93. The first kappa shape index (κ1) is 8.01. The summed E-state index contributed by atoms with van der Waals surface area (Å²) in [5.74, 6) is 0. The van der Waals surface area contributed by atoms with Crippen LogP contribution in [0, 0.1) is 10.5 Å². The second-order valence-electron chi connectivity index (χ2n) is 2.13. The van der Waals surface area contributed by atoms with Crippen LogP contribution in [0.1, 0.15) is 11.1 Å². The van der Waals surface area contributed by atoms with Crippen LogP contribution in [0.25, 0.3) is 0 Å². The molecule has 10 heavy (non-hydrogen) atoms. The predicted molar refractivity (Wildman–Crippen MR) is 51.5 cm³/mol. The second kappa shape index (κ2) is 3.34. The molecule has 1 radical (unpaired) electrons. The number of rotatable bonds is 1. The molecule has 2 N–H and O–H groups in total. The third-order valence-electron chi connectivity index (χ3n) is 1.34. The van der Waals surface area contributed by atoms with E-state index in [1.165, 1.54) is 9.13 Å².